The Morgan fingerprint density at radius 2 is 1.78 bits per heavy atom. The molecule has 0 radical (unpaired) electrons. The van der Waals surface area contributed by atoms with Crippen LogP contribution in [0.15, 0.2) is 83.1 Å². The van der Waals surface area contributed by atoms with Gasteiger partial charge >= 0.3 is 0 Å². The van der Waals surface area contributed by atoms with E-state index in [4.69, 9.17) is 16.6 Å². The van der Waals surface area contributed by atoms with Crippen molar-refractivity contribution in [1.82, 2.24) is 15.0 Å². The van der Waals surface area contributed by atoms with Crippen LogP contribution < -0.4 is 5.43 Å². The summed E-state index contributed by atoms with van der Waals surface area (Å²) >= 11 is 7.33. The summed E-state index contributed by atoms with van der Waals surface area (Å²) in [6.45, 7) is 4.61. The number of para-hydroxylation sites is 2. The maximum Gasteiger partial charge on any atom is 0.250 e. The van der Waals surface area contributed by atoms with Gasteiger partial charge in [-0.2, -0.15) is 5.10 Å². The molecule has 5 nitrogen and oxygen atoms in total. The monoisotopic (exact) mass is 462 g/mol. The molecule has 4 aromatic rings. The molecule has 0 saturated heterocycles. The third-order valence-corrected chi connectivity index (χ3v) is 6.25. The van der Waals surface area contributed by atoms with Gasteiger partial charge in [0.2, 0.25) is 0 Å². The SMILES string of the molecule is CC(=NNC(=O)CSc1nc2ccccc2n1Cc1ccc(C)cc1)c1ccc(Cl)cc1. The Kier molecular flexibility index (Phi) is 6.93. The average molecular weight is 463 g/mol. The summed E-state index contributed by atoms with van der Waals surface area (Å²) in [5.74, 6) is 0.0338. The van der Waals surface area contributed by atoms with Crippen molar-refractivity contribution in [1.29, 1.82) is 0 Å². The maximum atomic E-state index is 12.4. The van der Waals surface area contributed by atoms with Crippen LogP contribution in [0.1, 0.15) is 23.6 Å². The second-order valence-electron chi connectivity index (χ2n) is 7.48. The minimum absolute atomic E-state index is 0.183. The highest BCUT2D eigenvalue weighted by Gasteiger charge is 2.13. The molecule has 7 heteroatoms. The molecular weight excluding hydrogens is 440 g/mol. The largest absolute Gasteiger partial charge is 0.314 e. The molecule has 0 fully saturated rings. The zero-order chi connectivity index (χ0) is 22.5. The van der Waals surface area contributed by atoms with Crippen LogP contribution in [-0.4, -0.2) is 26.9 Å². The van der Waals surface area contributed by atoms with Crippen LogP contribution in [0, 0.1) is 6.92 Å². The molecule has 3 aromatic carbocycles. The van der Waals surface area contributed by atoms with Crippen LogP contribution in [0.2, 0.25) is 5.02 Å². The first-order valence-corrected chi connectivity index (χ1v) is 11.6. The van der Waals surface area contributed by atoms with E-state index in [1.54, 1.807) is 12.1 Å². The lowest BCUT2D eigenvalue weighted by molar-refractivity contribution is -0.118. The van der Waals surface area contributed by atoms with Crippen LogP contribution in [0.4, 0.5) is 0 Å². The van der Waals surface area contributed by atoms with Crippen LogP contribution in [0.5, 0.6) is 0 Å². The highest BCUT2D eigenvalue weighted by Crippen LogP contribution is 2.25. The minimum atomic E-state index is -0.183. The van der Waals surface area contributed by atoms with E-state index >= 15 is 0 Å². The molecule has 0 spiro atoms. The molecule has 4 rings (SSSR count). The number of hydrazone groups is 1. The molecule has 0 aliphatic rings. The normalized spacial score (nSPS) is 11.7. The summed E-state index contributed by atoms with van der Waals surface area (Å²) in [7, 11) is 0. The number of hydrogen-bond donors (Lipinski definition) is 1. The van der Waals surface area contributed by atoms with E-state index in [2.05, 4.69) is 52.3 Å². The molecule has 32 heavy (non-hydrogen) atoms. The molecule has 0 bridgehead atoms. The Labute approximate surface area is 196 Å². The summed E-state index contributed by atoms with van der Waals surface area (Å²) in [5, 5.41) is 5.68. The number of aryl methyl sites for hydroxylation is 1. The minimum Gasteiger partial charge on any atom is -0.314 e. The lowest BCUT2D eigenvalue weighted by atomic mass is 10.1. The van der Waals surface area contributed by atoms with Gasteiger partial charge in [0.05, 0.1) is 29.0 Å². The van der Waals surface area contributed by atoms with Crippen LogP contribution in [-0.2, 0) is 11.3 Å². The van der Waals surface area contributed by atoms with Crippen molar-refractivity contribution in [3.8, 4) is 0 Å². The van der Waals surface area contributed by atoms with Gasteiger partial charge in [0.1, 0.15) is 0 Å². The van der Waals surface area contributed by atoms with Gasteiger partial charge in [-0.3, -0.25) is 4.79 Å². The summed E-state index contributed by atoms with van der Waals surface area (Å²) in [5.41, 5.74) is 8.63. The number of nitrogens with one attached hydrogen (secondary N) is 1. The maximum absolute atomic E-state index is 12.4. The zero-order valence-electron chi connectivity index (χ0n) is 17.9. The van der Waals surface area contributed by atoms with Crippen molar-refractivity contribution >= 4 is 46.0 Å². The van der Waals surface area contributed by atoms with Gasteiger partial charge in [0.15, 0.2) is 5.16 Å². The molecule has 0 aliphatic carbocycles. The number of halogens is 1. The van der Waals surface area contributed by atoms with E-state index in [1.165, 1.54) is 22.9 Å². The van der Waals surface area contributed by atoms with E-state index in [0.29, 0.717) is 17.3 Å². The predicted molar refractivity (Wildman–Crippen MR) is 133 cm³/mol. The van der Waals surface area contributed by atoms with Gasteiger partial charge in [-0.05, 0) is 49.2 Å². The number of carbonyl (C=O) groups excluding carboxylic acids is 1. The first kappa shape index (κ1) is 22.1. The molecule has 0 aliphatic heterocycles. The van der Waals surface area contributed by atoms with Gasteiger partial charge in [0.25, 0.3) is 5.91 Å². The highest BCUT2D eigenvalue weighted by molar-refractivity contribution is 7.99. The smallest absolute Gasteiger partial charge is 0.250 e. The van der Waals surface area contributed by atoms with Crippen molar-refractivity contribution in [3.05, 3.63) is 94.5 Å². The molecule has 1 amide bonds. The second kappa shape index (κ2) is 10.0. The van der Waals surface area contributed by atoms with Crippen LogP contribution in [0.3, 0.4) is 0 Å². The molecule has 0 unspecified atom stereocenters. The Morgan fingerprint density at radius 1 is 1.06 bits per heavy atom. The fraction of sp³-hybridized carbons (Fsp3) is 0.160. The van der Waals surface area contributed by atoms with E-state index in [1.807, 2.05) is 37.3 Å². The summed E-state index contributed by atoms with van der Waals surface area (Å²) < 4.78 is 2.15. The standard InChI is InChI=1S/C25H23ClN4OS/c1-17-7-9-19(10-8-17)15-30-23-6-4-3-5-22(23)27-25(30)32-16-24(31)29-28-18(2)20-11-13-21(26)14-12-20/h3-14H,15-16H2,1-2H3,(H,29,31). The third kappa shape index (κ3) is 5.39. The Hall–Kier alpha value is -3.09. The number of nitrogens with zero attached hydrogens (tertiary/aromatic N) is 3. The number of carbonyl (C=O) groups is 1. The molecule has 1 N–H and O–H groups in total. The molecule has 162 valence electrons. The lowest BCUT2D eigenvalue weighted by Gasteiger charge is -2.09. The molecule has 0 atom stereocenters. The Balaban J connectivity index is 1.46. The van der Waals surface area contributed by atoms with Crippen molar-refractivity contribution in [3.63, 3.8) is 0 Å². The third-order valence-electron chi connectivity index (χ3n) is 5.02. The summed E-state index contributed by atoms with van der Waals surface area (Å²) in [4.78, 5) is 17.2. The van der Waals surface area contributed by atoms with Gasteiger partial charge in [-0.15, -0.1) is 0 Å². The quantitative estimate of drug-likeness (QED) is 0.218. The number of benzene rings is 3. The second-order valence-corrected chi connectivity index (χ2v) is 8.86. The van der Waals surface area contributed by atoms with Gasteiger partial charge in [-0.1, -0.05) is 77.5 Å². The van der Waals surface area contributed by atoms with Gasteiger partial charge < -0.3 is 4.57 Å². The number of imidazole rings is 1. The average Bonchev–Trinajstić information content (AvgIpc) is 3.15. The first-order chi connectivity index (χ1) is 15.5. The lowest BCUT2D eigenvalue weighted by Crippen LogP contribution is -2.21. The highest BCUT2D eigenvalue weighted by atomic mass is 35.5. The predicted octanol–water partition coefficient (Wildman–Crippen LogP) is 5.68. The van der Waals surface area contributed by atoms with Crippen LogP contribution in [0.25, 0.3) is 11.0 Å². The number of rotatable bonds is 7. The molecule has 1 heterocycles. The Bertz CT molecular complexity index is 1260. The van der Waals surface area contributed by atoms with Crippen molar-refractivity contribution in [2.45, 2.75) is 25.5 Å². The van der Waals surface area contributed by atoms with Crippen molar-refractivity contribution in [2.24, 2.45) is 5.10 Å². The number of aromatic nitrogens is 2. The van der Waals surface area contributed by atoms with Gasteiger partial charge in [0, 0.05) is 5.02 Å². The fourth-order valence-electron chi connectivity index (χ4n) is 3.26. The molecule has 0 saturated carbocycles. The van der Waals surface area contributed by atoms with Crippen molar-refractivity contribution in [2.75, 3.05) is 5.75 Å². The number of fused-ring (bicyclic) bond motifs is 1. The first-order valence-electron chi connectivity index (χ1n) is 10.2. The summed E-state index contributed by atoms with van der Waals surface area (Å²) in [6.07, 6.45) is 0. The number of hydrogen-bond acceptors (Lipinski definition) is 4. The van der Waals surface area contributed by atoms with Crippen LogP contribution >= 0.6 is 23.4 Å². The number of amides is 1. The van der Waals surface area contributed by atoms with E-state index in [-0.39, 0.29) is 11.7 Å². The van der Waals surface area contributed by atoms with E-state index in [9.17, 15) is 4.79 Å². The van der Waals surface area contributed by atoms with Crippen molar-refractivity contribution < 1.29 is 4.79 Å². The molecule has 1 aromatic heterocycles. The summed E-state index contributed by atoms with van der Waals surface area (Å²) in [6, 6.07) is 23.8. The van der Waals surface area contributed by atoms with E-state index < -0.39 is 0 Å². The topological polar surface area (TPSA) is 59.3 Å². The fourth-order valence-corrected chi connectivity index (χ4v) is 4.19. The van der Waals surface area contributed by atoms with E-state index in [0.717, 1.165) is 21.8 Å². The Morgan fingerprint density at radius 3 is 2.53 bits per heavy atom. The zero-order valence-corrected chi connectivity index (χ0v) is 19.5. The number of thioether (sulfide) groups is 1. The van der Waals surface area contributed by atoms with Gasteiger partial charge in [-0.25, -0.2) is 10.4 Å². The molecular formula is C25H23ClN4OS.